The molecule has 0 amide bonds. The topological polar surface area (TPSA) is 88.5 Å². The summed E-state index contributed by atoms with van der Waals surface area (Å²) in [4.78, 5) is 0. The Balaban J connectivity index is 2.28. The summed E-state index contributed by atoms with van der Waals surface area (Å²) >= 11 is 0. The van der Waals surface area contributed by atoms with Gasteiger partial charge in [-0.1, -0.05) is 12.1 Å². The van der Waals surface area contributed by atoms with Gasteiger partial charge in [0.15, 0.2) is 0 Å². The average Bonchev–Trinajstić information content (AvgIpc) is 2.73. The maximum Gasteiger partial charge on any atom is 0.140 e. The fourth-order valence-corrected chi connectivity index (χ4v) is 1.63. The van der Waals surface area contributed by atoms with Crippen LogP contribution in [0.5, 0.6) is 0 Å². The van der Waals surface area contributed by atoms with Crippen molar-refractivity contribution in [1.82, 2.24) is 15.1 Å². The number of hydrogen-bond donors (Lipinski definition) is 3. The van der Waals surface area contributed by atoms with E-state index in [0.29, 0.717) is 6.42 Å². The molecule has 0 bridgehead atoms. The Morgan fingerprint density at radius 3 is 3.00 bits per heavy atom. The molecule has 1 aromatic heterocycles. The van der Waals surface area contributed by atoms with Crippen molar-refractivity contribution < 1.29 is 5.21 Å². The van der Waals surface area contributed by atoms with Crippen LogP contribution in [0.15, 0.2) is 17.5 Å². The molecule has 1 atom stereocenters. The van der Waals surface area contributed by atoms with E-state index >= 15 is 0 Å². The summed E-state index contributed by atoms with van der Waals surface area (Å²) in [6, 6.07) is 0.238. The molecule has 0 saturated heterocycles. The lowest BCUT2D eigenvalue weighted by Gasteiger charge is -2.15. The zero-order valence-corrected chi connectivity index (χ0v) is 10.4. The van der Waals surface area contributed by atoms with Gasteiger partial charge in [0.1, 0.15) is 5.84 Å². The van der Waals surface area contributed by atoms with Gasteiger partial charge in [-0.15, -0.1) is 0 Å². The minimum absolute atomic E-state index is 0.238. The summed E-state index contributed by atoms with van der Waals surface area (Å²) in [5.74, 6) is 0.263. The third-order valence-electron chi connectivity index (χ3n) is 2.61. The molecule has 0 aliphatic carbocycles. The average molecular weight is 239 g/mol. The van der Waals surface area contributed by atoms with Crippen LogP contribution in [-0.2, 0) is 6.54 Å². The van der Waals surface area contributed by atoms with Crippen molar-refractivity contribution in [1.29, 1.82) is 0 Å². The standard InChI is InChI=1S/C11H21N5O/c1-3-10(6-11(12)15-17)13-4-5-16-8-9(2)7-14-16/h7-8,10,13,17H,3-6H2,1-2H3,(H2,12,15). The van der Waals surface area contributed by atoms with E-state index in [9.17, 15) is 0 Å². The van der Waals surface area contributed by atoms with Gasteiger partial charge in [0.2, 0.25) is 0 Å². The highest BCUT2D eigenvalue weighted by molar-refractivity contribution is 5.80. The van der Waals surface area contributed by atoms with E-state index in [4.69, 9.17) is 10.9 Å². The molecule has 1 rings (SSSR count). The van der Waals surface area contributed by atoms with E-state index in [1.807, 2.05) is 24.0 Å². The van der Waals surface area contributed by atoms with Gasteiger partial charge in [-0.2, -0.15) is 5.10 Å². The van der Waals surface area contributed by atoms with Crippen molar-refractivity contribution in [3.8, 4) is 0 Å². The minimum atomic E-state index is 0.238. The van der Waals surface area contributed by atoms with Gasteiger partial charge in [0, 0.05) is 25.2 Å². The predicted molar refractivity (Wildman–Crippen MR) is 67.1 cm³/mol. The van der Waals surface area contributed by atoms with Crippen LogP contribution in [0.2, 0.25) is 0 Å². The van der Waals surface area contributed by atoms with Crippen LogP contribution in [0.3, 0.4) is 0 Å². The van der Waals surface area contributed by atoms with Crippen LogP contribution in [0.25, 0.3) is 0 Å². The first-order valence-corrected chi connectivity index (χ1v) is 5.84. The second-order valence-corrected chi connectivity index (χ2v) is 4.14. The molecule has 6 nitrogen and oxygen atoms in total. The number of aromatic nitrogens is 2. The third kappa shape index (κ3) is 4.86. The molecule has 0 spiro atoms. The maximum absolute atomic E-state index is 8.51. The Bertz CT molecular complexity index is 360. The van der Waals surface area contributed by atoms with Crippen molar-refractivity contribution in [2.45, 2.75) is 39.3 Å². The molecule has 6 heteroatoms. The summed E-state index contributed by atoms with van der Waals surface area (Å²) in [5.41, 5.74) is 6.64. The molecule has 96 valence electrons. The Kier molecular flexibility index (Phi) is 5.48. The van der Waals surface area contributed by atoms with Crippen molar-refractivity contribution >= 4 is 5.84 Å². The lowest BCUT2D eigenvalue weighted by atomic mass is 10.1. The Labute approximate surface area is 101 Å². The number of oxime groups is 1. The van der Waals surface area contributed by atoms with Crippen LogP contribution in [0.1, 0.15) is 25.3 Å². The number of hydrogen-bond acceptors (Lipinski definition) is 4. The summed E-state index contributed by atoms with van der Waals surface area (Å²) in [6.45, 7) is 5.73. The number of rotatable bonds is 7. The number of nitrogens with two attached hydrogens (primary N) is 1. The predicted octanol–water partition coefficient (Wildman–Crippen LogP) is 0.696. The van der Waals surface area contributed by atoms with Gasteiger partial charge in [-0.3, -0.25) is 4.68 Å². The van der Waals surface area contributed by atoms with Crippen LogP contribution in [0, 0.1) is 6.92 Å². The highest BCUT2D eigenvalue weighted by Gasteiger charge is 2.07. The zero-order chi connectivity index (χ0) is 12.7. The van der Waals surface area contributed by atoms with Crippen LogP contribution in [-0.4, -0.2) is 33.4 Å². The molecule has 17 heavy (non-hydrogen) atoms. The summed E-state index contributed by atoms with van der Waals surface area (Å²) in [5, 5.41) is 19.1. The number of nitrogens with zero attached hydrogens (tertiary/aromatic N) is 3. The van der Waals surface area contributed by atoms with E-state index in [0.717, 1.165) is 25.1 Å². The summed E-state index contributed by atoms with van der Waals surface area (Å²) in [7, 11) is 0. The molecule has 1 aromatic rings. The SMILES string of the molecule is CCC(C/C(N)=N/O)NCCn1cc(C)cn1. The van der Waals surface area contributed by atoms with Crippen LogP contribution >= 0.6 is 0 Å². The fourth-order valence-electron chi connectivity index (χ4n) is 1.63. The van der Waals surface area contributed by atoms with Gasteiger partial charge in [0.25, 0.3) is 0 Å². The summed E-state index contributed by atoms with van der Waals surface area (Å²) in [6.07, 6.45) is 5.35. The van der Waals surface area contributed by atoms with Crippen molar-refractivity contribution in [3.63, 3.8) is 0 Å². The van der Waals surface area contributed by atoms with Crippen molar-refractivity contribution in [2.75, 3.05) is 6.54 Å². The largest absolute Gasteiger partial charge is 0.409 e. The van der Waals surface area contributed by atoms with E-state index in [2.05, 4.69) is 22.5 Å². The zero-order valence-electron chi connectivity index (χ0n) is 10.4. The number of amidine groups is 1. The van der Waals surface area contributed by atoms with Gasteiger partial charge >= 0.3 is 0 Å². The molecule has 0 aliphatic rings. The first kappa shape index (κ1) is 13.5. The van der Waals surface area contributed by atoms with Crippen molar-refractivity contribution in [2.24, 2.45) is 10.9 Å². The molecular weight excluding hydrogens is 218 g/mol. The lowest BCUT2D eigenvalue weighted by molar-refractivity contribution is 0.315. The van der Waals surface area contributed by atoms with Gasteiger partial charge in [-0.25, -0.2) is 0 Å². The monoisotopic (exact) mass is 239 g/mol. The fraction of sp³-hybridized carbons (Fsp3) is 0.636. The first-order valence-electron chi connectivity index (χ1n) is 5.84. The molecule has 0 saturated carbocycles. The minimum Gasteiger partial charge on any atom is -0.409 e. The van der Waals surface area contributed by atoms with E-state index < -0.39 is 0 Å². The van der Waals surface area contributed by atoms with Gasteiger partial charge < -0.3 is 16.3 Å². The molecule has 1 heterocycles. The Morgan fingerprint density at radius 2 is 2.47 bits per heavy atom. The van der Waals surface area contributed by atoms with E-state index in [1.54, 1.807) is 0 Å². The lowest BCUT2D eigenvalue weighted by Crippen LogP contribution is -2.35. The molecule has 0 fully saturated rings. The Morgan fingerprint density at radius 1 is 1.71 bits per heavy atom. The van der Waals surface area contributed by atoms with E-state index in [1.165, 1.54) is 0 Å². The molecule has 0 aromatic carbocycles. The molecular formula is C11H21N5O. The third-order valence-corrected chi connectivity index (χ3v) is 2.61. The van der Waals surface area contributed by atoms with E-state index in [-0.39, 0.29) is 11.9 Å². The van der Waals surface area contributed by atoms with Gasteiger partial charge in [-0.05, 0) is 18.9 Å². The number of aryl methyl sites for hydroxylation is 1. The highest BCUT2D eigenvalue weighted by Crippen LogP contribution is 1.98. The molecule has 4 N–H and O–H groups in total. The second-order valence-electron chi connectivity index (χ2n) is 4.14. The second kappa shape index (κ2) is 6.90. The normalized spacial score (nSPS) is 13.9. The number of nitrogens with one attached hydrogen (secondary N) is 1. The smallest absolute Gasteiger partial charge is 0.140 e. The Hall–Kier alpha value is -1.56. The van der Waals surface area contributed by atoms with Crippen molar-refractivity contribution in [3.05, 3.63) is 18.0 Å². The molecule has 1 unspecified atom stereocenters. The quantitative estimate of drug-likeness (QED) is 0.283. The first-order chi connectivity index (χ1) is 8.15. The molecule has 0 aliphatic heterocycles. The van der Waals surface area contributed by atoms with Crippen LogP contribution < -0.4 is 11.1 Å². The summed E-state index contributed by atoms with van der Waals surface area (Å²) < 4.78 is 1.90. The van der Waals surface area contributed by atoms with Crippen LogP contribution in [0.4, 0.5) is 0 Å². The molecule has 0 radical (unpaired) electrons. The highest BCUT2D eigenvalue weighted by atomic mass is 16.4. The van der Waals surface area contributed by atoms with Gasteiger partial charge in [0.05, 0.1) is 12.7 Å². The maximum atomic E-state index is 8.51.